The third kappa shape index (κ3) is 5.93. The van der Waals surface area contributed by atoms with Crippen molar-refractivity contribution in [3.63, 3.8) is 0 Å². The van der Waals surface area contributed by atoms with Crippen molar-refractivity contribution in [3.05, 3.63) is 0 Å². The monoisotopic (exact) mass is 371 g/mol. The lowest BCUT2D eigenvalue weighted by molar-refractivity contribution is 0.192. The van der Waals surface area contributed by atoms with Crippen molar-refractivity contribution >= 4 is 15.2 Å². The number of nitrogens with one attached hydrogen (secondary N) is 1. The minimum atomic E-state index is -3.62. The Morgan fingerprint density at radius 3 is 1.65 bits per heavy atom. The summed E-state index contributed by atoms with van der Waals surface area (Å²) in [4.78, 5) is 0. The molecule has 0 aromatic heterocycles. The molecule has 0 aromatic carbocycles. The predicted molar refractivity (Wildman–Crippen MR) is 91.1 cm³/mol. The highest BCUT2D eigenvalue weighted by atomic mass is 31.2. The first-order chi connectivity index (χ1) is 11.0. The Morgan fingerprint density at radius 2 is 1.35 bits per heavy atom. The molecule has 0 bridgehead atoms. The number of hydrogen-bond donors (Lipinski definition) is 1. The lowest BCUT2D eigenvalue weighted by atomic mass is 10.2. The van der Waals surface area contributed by atoms with E-state index in [0.717, 1.165) is 19.4 Å². The number of hydrogen-bond acceptors (Lipinski definition) is 7. The van der Waals surface area contributed by atoms with Crippen LogP contribution in [0.4, 0.5) is 0 Å². The van der Waals surface area contributed by atoms with Gasteiger partial charge in [-0.3, -0.25) is 9.13 Å². The van der Waals surface area contributed by atoms with Crippen LogP contribution in [0.25, 0.3) is 0 Å². The zero-order chi connectivity index (χ0) is 17.3. The van der Waals surface area contributed by atoms with Crippen LogP contribution in [0.2, 0.25) is 0 Å². The maximum absolute atomic E-state index is 13.3. The van der Waals surface area contributed by atoms with Crippen LogP contribution in [0.5, 0.6) is 0 Å². The average Bonchev–Trinajstić information content (AvgIpc) is 2.98. The molecule has 9 heteroatoms. The van der Waals surface area contributed by atoms with Crippen molar-refractivity contribution < 1.29 is 27.2 Å². The second-order valence-corrected chi connectivity index (χ2v) is 10.1. The van der Waals surface area contributed by atoms with Gasteiger partial charge in [-0.15, -0.1) is 0 Å². The van der Waals surface area contributed by atoms with Crippen molar-refractivity contribution in [2.75, 3.05) is 33.0 Å². The second-order valence-electron chi connectivity index (χ2n) is 5.26. The molecule has 1 unspecified atom stereocenters. The van der Waals surface area contributed by atoms with E-state index in [9.17, 15) is 9.13 Å². The van der Waals surface area contributed by atoms with Crippen molar-refractivity contribution in [1.29, 1.82) is 0 Å². The van der Waals surface area contributed by atoms with E-state index in [2.05, 4.69) is 5.32 Å². The zero-order valence-corrected chi connectivity index (χ0v) is 16.4. The van der Waals surface area contributed by atoms with Gasteiger partial charge in [0.15, 0.2) is 5.40 Å². The highest BCUT2D eigenvalue weighted by molar-refractivity contribution is 7.72. The smallest absolute Gasteiger partial charge is 0.314 e. The van der Waals surface area contributed by atoms with Gasteiger partial charge < -0.3 is 23.4 Å². The van der Waals surface area contributed by atoms with Crippen molar-refractivity contribution in [3.8, 4) is 0 Å². The predicted octanol–water partition coefficient (Wildman–Crippen LogP) is 3.99. The van der Waals surface area contributed by atoms with Crippen molar-refractivity contribution in [2.45, 2.75) is 58.4 Å². The molecule has 1 fully saturated rings. The molecule has 0 aromatic rings. The molecule has 1 aliphatic rings. The Balaban J connectivity index is 3.15. The van der Waals surface area contributed by atoms with Crippen LogP contribution in [-0.4, -0.2) is 44.4 Å². The van der Waals surface area contributed by atoms with E-state index in [4.69, 9.17) is 18.1 Å². The molecule has 0 radical (unpaired) electrons. The van der Waals surface area contributed by atoms with Gasteiger partial charge >= 0.3 is 15.2 Å². The standard InChI is InChI=1S/C14H31NO6P2/c1-5-18-22(16,19-6-2)14(12-13-10-9-11-15-13)23(17,20-7-3)21-8-4/h13-15H,5-12H2,1-4H3. The minimum absolute atomic E-state index is 0.114. The highest BCUT2D eigenvalue weighted by Crippen LogP contribution is 2.71. The lowest BCUT2D eigenvalue weighted by Crippen LogP contribution is -2.29. The van der Waals surface area contributed by atoms with E-state index in [-0.39, 0.29) is 32.5 Å². The minimum Gasteiger partial charge on any atom is -0.314 e. The fourth-order valence-corrected chi connectivity index (χ4v) is 8.27. The van der Waals surface area contributed by atoms with Crippen molar-refractivity contribution in [1.82, 2.24) is 5.32 Å². The van der Waals surface area contributed by atoms with Gasteiger partial charge in [0.05, 0.1) is 26.4 Å². The molecular weight excluding hydrogens is 340 g/mol. The molecule has 0 aliphatic carbocycles. The van der Waals surface area contributed by atoms with Crippen LogP contribution in [0.3, 0.4) is 0 Å². The van der Waals surface area contributed by atoms with Gasteiger partial charge in [0.1, 0.15) is 0 Å². The fourth-order valence-electron chi connectivity index (χ4n) is 2.78. The molecule has 1 saturated heterocycles. The van der Waals surface area contributed by atoms with E-state index < -0.39 is 20.6 Å². The van der Waals surface area contributed by atoms with Crippen LogP contribution in [-0.2, 0) is 27.2 Å². The third-order valence-electron chi connectivity index (χ3n) is 3.62. The van der Waals surface area contributed by atoms with E-state index >= 15 is 0 Å². The zero-order valence-electron chi connectivity index (χ0n) is 14.7. The average molecular weight is 371 g/mol. The van der Waals surface area contributed by atoms with E-state index in [1.807, 2.05) is 0 Å². The lowest BCUT2D eigenvalue weighted by Gasteiger charge is -2.32. The SMILES string of the molecule is CCOP(=O)(OCC)C(CC1CCCN1)P(=O)(OCC)OCC. The summed E-state index contributed by atoms with van der Waals surface area (Å²) in [6.45, 7) is 8.71. The van der Waals surface area contributed by atoms with E-state index in [1.165, 1.54) is 0 Å². The molecular formula is C14H31NO6P2. The van der Waals surface area contributed by atoms with Crippen LogP contribution in [0.1, 0.15) is 47.0 Å². The summed E-state index contributed by atoms with van der Waals surface area (Å²) in [7, 11) is -7.23. The Labute approximate surface area is 139 Å². The van der Waals surface area contributed by atoms with Gasteiger partial charge in [0.2, 0.25) is 0 Å². The summed E-state index contributed by atoms with van der Waals surface area (Å²) in [5, 5.41) is 2.42. The quantitative estimate of drug-likeness (QED) is 0.519. The van der Waals surface area contributed by atoms with E-state index in [1.54, 1.807) is 27.7 Å². The molecule has 138 valence electrons. The Kier molecular flexibility index (Phi) is 9.54. The van der Waals surface area contributed by atoms with Crippen LogP contribution in [0, 0.1) is 0 Å². The van der Waals surface area contributed by atoms with Gasteiger partial charge in [-0.25, -0.2) is 0 Å². The molecule has 7 nitrogen and oxygen atoms in total. The highest BCUT2D eigenvalue weighted by Gasteiger charge is 2.51. The van der Waals surface area contributed by atoms with Gasteiger partial charge in [0.25, 0.3) is 0 Å². The normalized spacial score (nSPS) is 19.6. The Bertz CT molecular complexity index is 377. The molecule has 1 atom stereocenters. The van der Waals surface area contributed by atoms with Gasteiger partial charge in [0, 0.05) is 6.04 Å². The van der Waals surface area contributed by atoms with Gasteiger partial charge in [-0.1, -0.05) is 0 Å². The third-order valence-corrected chi connectivity index (χ3v) is 9.68. The summed E-state index contributed by atoms with van der Waals surface area (Å²) < 4.78 is 48.4. The molecule has 23 heavy (non-hydrogen) atoms. The van der Waals surface area contributed by atoms with Gasteiger partial charge in [-0.2, -0.15) is 0 Å². The number of rotatable bonds is 12. The Hall–Kier alpha value is 0.260. The first kappa shape index (κ1) is 21.3. The first-order valence-corrected chi connectivity index (χ1v) is 11.7. The molecule has 1 heterocycles. The first-order valence-electron chi connectivity index (χ1n) is 8.46. The molecule has 1 N–H and O–H groups in total. The topological polar surface area (TPSA) is 83.1 Å². The largest absolute Gasteiger partial charge is 0.345 e. The molecule has 0 saturated carbocycles. The maximum atomic E-state index is 13.3. The maximum Gasteiger partial charge on any atom is 0.345 e. The Morgan fingerprint density at radius 1 is 0.913 bits per heavy atom. The second kappa shape index (κ2) is 10.3. The van der Waals surface area contributed by atoms with E-state index in [0.29, 0.717) is 6.42 Å². The summed E-state index contributed by atoms with van der Waals surface area (Å²) >= 11 is 0. The molecule has 1 aliphatic heterocycles. The van der Waals surface area contributed by atoms with Crippen LogP contribution < -0.4 is 5.32 Å². The summed E-state index contributed by atoms with van der Waals surface area (Å²) in [6, 6.07) is 0.114. The van der Waals surface area contributed by atoms with Crippen LogP contribution in [0.15, 0.2) is 0 Å². The molecule has 1 rings (SSSR count). The summed E-state index contributed by atoms with van der Waals surface area (Å²) in [6.07, 6.45) is 2.36. The van der Waals surface area contributed by atoms with Gasteiger partial charge in [-0.05, 0) is 53.5 Å². The molecule has 0 amide bonds. The summed E-state index contributed by atoms with van der Waals surface area (Å²) in [5.41, 5.74) is 0. The van der Waals surface area contributed by atoms with Crippen LogP contribution >= 0.6 is 15.2 Å². The van der Waals surface area contributed by atoms with Crippen molar-refractivity contribution in [2.24, 2.45) is 0 Å². The fraction of sp³-hybridized carbons (Fsp3) is 1.00. The summed E-state index contributed by atoms with van der Waals surface area (Å²) in [5.74, 6) is 0. The molecule has 0 spiro atoms.